The van der Waals surface area contributed by atoms with Crippen molar-refractivity contribution in [3.63, 3.8) is 0 Å². The zero-order valence-corrected chi connectivity index (χ0v) is 10.8. The largest absolute Gasteiger partial charge is 0.384 e. The van der Waals surface area contributed by atoms with Gasteiger partial charge in [0, 0.05) is 46.4 Å². The average Bonchev–Trinajstić information content (AvgIpc) is 2.26. The van der Waals surface area contributed by atoms with E-state index in [0.29, 0.717) is 25.7 Å². The van der Waals surface area contributed by atoms with Gasteiger partial charge < -0.3 is 18.9 Å². The van der Waals surface area contributed by atoms with E-state index >= 15 is 0 Å². The molecule has 0 saturated heterocycles. The van der Waals surface area contributed by atoms with Crippen molar-refractivity contribution in [3.8, 4) is 0 Å². The summed E-state index contributed by atoms with van der Waals surface area (Å²) in [5.74, 6) is 0.309. The zero-order valence-electron chi connectivity index (χ0n) is 10.8. The smallest absolute Gasteiger partial charge is 0.173 e. The second-order valence-corrected chi connectivity index (χ2v) is 4.16. The number of hydrogen-bond acceptors (Lipinski definition) is 4. The van der Waals surface area contributed by atoms with Crippen LogP contribution in [0.2, 0.25) is 0 Å². The molecule has 0 unspecified atom stereocenters. The molecule has 16 heavy (non-hydrogen) atoms. The lowest BCUT2D eigenvalue weighted by Gasteiger charge is -2.53. The van der Waals surface area contributed by atoms with E-state index in [9.17, 15) is 0 Å². The summed E-state index contributed by atoms with van der Waals surface area (Å²) in [6.07, 6.45) is 0.899. The monoisotopic (exact) mass is 232 g/mol. The van der Waals surface area contributed by atoms with Crippen LogP contribution in [0, 0.1) is 11.8 Å². The Hall–Kier alpha value is -0.160. The first-order chi connectivity index (χ1) is 7.74. The van der Waals surface area contributed by atoms with Gasteiger partial charge in [0.05, 0.1) is 6.61 Å². The predicted octanol–water partition coefficient (Wildman–Crippen LogP) is 1.68. The molecule has 0 aliphatic heterocycles. The maximum atomic E-state index is 5.79. The molecular formula is C12H24O4. The molecule has 0 spiro atoms. The van der Waals surface area contributed by atoms with Crippen LogP contribution in [0.1, 0.15) is 20.3 Å². The minimum absolute atomic E-state index is 0.275. The van der Waals surface area contributed by atoms with E-state index < -0.39 is 5.79 Å². The third kappa shape index (κ3) is 2.74. The first-order valence-corrected chi connectivity index (χ1v) is 5.99. The van der Waals surface area contributed by atoms with Crippen LogP contribution in [0.3, 0.4) is 0 Å². The number of hydrogen-bond donors (Lipinski definition) is 0. The SMILES string of the molecule is CCOC1(OCC)C[C@H](COC)[C@H]1COC. The maximum absolute atomic E-state index is 5.79. The van der Waals surface area contributed by atoms with E-state index in [-0.39, 0.29) is 5.92 Å². The summed E-state index contributed by atoms with van der Waals surface area (Å²) in [5.41, 5.74) is 0. The van der Waals surface area contributed by atoms with E-state index in [1.165, 1.54) is 0 Å². The highest BCUT2D eigenvalue weighted by Crippen LogP contribution is 2.47. The minimum atomic E-state index is -0.442. The third-order valence-corrected chi connectivity index (χ3v) is 3.18. The zero-order chi connectivity index (χ0) is 12.0. The van der Waals surface area contributed by atoms with Gasteiger partial charge in [-0.05, 0) is 19.8 Å². The topological polar surface area (TPSA) is 36.9 Å². The van der Waals surface area contributed by atoms with Gasteiger partial charge in [-0.25, -0.2) is 0 Å². The van der Waals surface area contributed by atoms with Crippen LogP contribution in [0.15, 0.2) is 0 Å². The van der Waals surface area contributed by atoms with Crippen molar-refractivity contribution in [2.75, 3.05) is 40.6 Å². The highest BCUT2D eigenvalue weighted by atomic mass is 16.7. The van der Waals surface area contributed by atoms with Crippen molar-refractivity contribution in [1.82, 2.24) is 0 Å². The Balaban J connectivity index is 2.62. The van der Waals surface area contributed by atoms with Gasteiger partial charge in [-0.15, -0.1) is 0 Å². The molecule has 0 radical (unpaired) electrons. The fourth-order valence-corrected chi connectivity index (χ4v) is 2.55. The second-order valence-electron chi connectivity index (χ2n) is 4.16. The molecule has 0 aromatic carbocycles. The fourth-order valence-electron chi connectivity index (χ4n) is 2.55. The number of ether oxygens (including phenoxy) is 4. The lowest BCUT2D eigenvalue weighted by molar-refractivity contribution is -0.338. The molecule has 0 aromatic heterocycles. The van der Waals surface area contributed by atoms with Crippen LogP contribution in [0.5, 0.6) is 0 Å². The third-order valence-electron chi connectivity index (χ3n) is 3.18. The van der Waals surface area contributed by atoms with Crippen molar-refractivity contribution in [2.24, 2.45) is 11.8 Å². The quantitative estimate of drug-likeness (QED) is 0.597. The molecule has 1 aliphatic rings. The Kier molecular flexibility index (Phi) is 5.69. The van der Waals surface area contributed by atoms with Gasteiger partial charge in [-0.1, -0.05) is 0 Å². The first kappa shape index (κ1) is 13.9. The predicted molar refractivity (Wildman–Crippen MR) is 61.3 cm³/mol. The van der Waals surface area contributed by atoms with E-state index in [0.717, 1.165) is 13.0 Å². The van der Waals surface area contributed by atoms with Crippen LogP contribution in [0.4, 0.5) is 0 Å². The molecule has 0 N–H and O–H groups in total. The highest BCUT2D eigenvalue weighted by Gasteiger charge is 2.55. The van der Waals surface area contributed by atoms with Gasteiger partial charge in [-0.2, -0.15) is 0 Å². The molecule has 96 valence electrons. The molecule has 0 amide bonds. The maximum Gasteiger partial charge on any atom is 0.173 e. The van der Waals surface area contributed by atoms with Crippen LogP contribution in [0.25, 0.3) is 0 Å². The van der Waals surface area contributed by atoms with Crippen LogP contribution in [-0.2, 0) is 18.9 Å². The number of rotatable bonds is 8. The van der Waals surface area contributed by atoms with Crippen molar-refractivity contribution in [2.45, 2.75) is 26.1 Å². The van der Waals surface area contributed by atoms with E-state index in [2.05, 4.69) is 0 Å². The molecule has 1 rings (SSSR count). The summed E-state index contributed by atoms with van der Waals surface area (Å²) < 4.78 is 22.0. The Morgan fingerprint density at radius 2 is 1.56 bits per heavy atom. The summed E-state index contributed by atoms with van der Waals surface area (Å²) in [5, 5.41) is 0. The number of methoxy groups -OCH3 is 2. The van der Waals surface area contributed by atoms with Crippen LogP contribution >= 0.6 is 0 Å². The molecule has 0 aromatic rings. The average molecular weight is 232 g/mol. The Morgan fingerprint density at radius 1 is 1.00 bits per heavy atom. The van der Waals surface area contributed by atoms with Gasteiger partial charge in [0.25, 0.3) is 0 Å². The van der Waals surface area contributed by atoms with Crippen molar-refractivity contribution in [1.29, 1.82) is 0 Å². The summed E-state index contributed by atoms with van der Waals surface area (Å²) in [6.45, 7) is 6.73. The standard InChI is InChI=1S/C12H24O4/c1-5-15-12(16-6-2)7-10(8-13-3)11(12)9-14-4/h10-11H,5-9H2,1-4H3/t10-,11-/m1/s1. The molecule has 4 heteroatoms. The Labute approximate surface area is 98.2 Å². The van der Waals surface area contributed by atoms with Gasteiger partial charge in [0.1, 0.15) is 0 Å². The van der Waals surface area contributed by atoms with Crippen molar-refractivity contribution < 1.29 is 18.9 Å². The molecular weight excluding hydrogens is 208 g/mol. The lowest BCUT2D eigenvalue weighted by atomic mass is 9.68. The normalized spacial score (nSPS) is 27.8. The lowest BCUT2D eigenvalue weighted by Crippen LogP contribution is -2.60. The summed E-state index contributed by atoms with van der Waals surface area (Å²) >= 11 is 0. The molecule has 1 aliphatic carbocycles. The van der Waals surface area contributed by atoms with Gasteiger partial charge in [0.15, 0.2) is 5.79 Å². The minimum Gasteiger partial charge on any atom is -0.384 e. The summed E-state index contributed by atoms with van der Waals surface area (Å²) in [4.78, 5) is 0. The van der Waals surface area contributed by atoms with Crippen LogP contribution < -0.4 is 0 Å². The summed E-state index contributed by atoms with van der Waals surface area (Å²) in [6, 6.07) is 0. The highest BCUT2D eigenvalue weighted by molar-refractivity contribution is 4.97. The fraction of sp³-hybridized carbons (Fsp3) is 1.00. The molecule has 4 nitrogen and oxygen atoms in total. The molecule has 0 bridgehead atoms. The van der Waals surface area contributed by atoms with E-state index in [1.807, 2.05) is 13.8 Å². The van der Waals surface area contributed by atoms with Gasteiger partial charge >= 0.3 is 0 Å². The Bertz CT molecular complexity index is 189. The van der Waals surface area contributed by atoms with E-state index in [4.69, 9.17) is 18.9 Å². The first-order valence-electron chi connectivity index (χ1n) is 5.99. The summed E-state index contributed by atoms with van der Waals surface area (Å²) in [7, 11) is 3.44. The van der Waals surface area contributed by atoms with Crippen LogP contribution in [-0.4, -0.2) is 46.4 Å². The molecule has 0 heterocycles. The molecule has 2 atom stereocenters. The second kappa shape index (κ2) is 6.55. The van der Waals surface area contributed by atoms with Gasteiger partial charge in [0.2, 0.25) is 0 Å². The van der Waals surface area contributed by atoms with Crippen molar-refractivity contribution >= 4 is 0 Å². The molecule has 1 saturated carbocycles. The van der Waals surface area contributed by atoms with Gasteiger partial charge in [-0.3, -0.25) is 0 Å². The van der Waals surface area contributed by atoms with Crippen molar-refractivity contribution in [3.05, 3.63) is 0 Å². The Morgan fingerprint density at radius 3 is 2.00 bits per heavy atom. The molecule has 1 fully saturated rings. The van der Waals surface area contributed by atoms with E-state index in [1.54, 1.807) is 14.2 Å².